The van der Waals surface area contributed by atoms with E-state index in [1.165, 1.54) is 16.6 Å². The number of nitrogens with zero attached hydrogens (tertiary/aromatic N) is 5. The van der Waals surface area contributed by atoms with Gasteiger partial charge in [-0.05, 0) is 53.4 Å². The second kappa shape index (κ2) is 9.33. The molecule has 0 unspecified atom stereocenters. The molecule has 1 saturated heterocycles. The van der Waals surface area contributed by atoms with E-state index in [9.17, 15) is 13.2 Å². The number of morpholine rings is 1. The molecule has 1 aliphatic heterocycles. The predicted molar refractivity (Wildman–Crippen MR) is 131 cm³/mol. The van der Waals surface area contributed by atoms with E-state index < -0.39 is 10.0 Å². The van der Waals surface area contributed by atoms with Crippen LogP contribution in [0.5, 0.6) is 0 Å². The van der Waals surface area contributed by atoms with Gasteiger partial charge in [0.05, 0.1) is 17.7 Å². The Labute approximate surface area is 205 Å². The second-order valence-electron chi connectivity index (χ2n) is 8.50. The Kier molecular flexibility index (Phi) is 6.40. The van der Waals surface area contributed by atoms with Crippen LogP contribution in [0.25, 0.3) is 11.0 Å². The number of pyridine rings is 2. The molecule has 5 rings (SSSR count). The van der Waals surface area contributed by atoms with Crippen LogP contribution < -0.4 is 10.9 Å². The van der Waals surface area contributed by atoms with Crippen molar-refractivity contribution in [2.24, 2.45) is 0 Å². The molecule has 0 spiro atoms. The first kappa shape index (κ1) is 23.3. The largest absolute Gasteiger partial charge is 0.379 e. The van der Waals surface area contributed by atoms with E-state index in [1.54, 1.807) is 16.8 Å². The average molecular weight is 549 g/mol. The number of aromatic nitrogens is 4. The van der Waals surface area contributed by atoms with Gasteiger partial charge in [-0.2, -0.15) is 9.29 Å². The molecule has 0 amide bonds. The molecule has 3 aromatic rings. The number of nitrogens with one attached hydrogen (secondary N) is 1. The lowest BCUT2D eigenvalue weighted by Crippen LogP contribution is -2.40. The highest BCUT2D eigenvalue weighted by atomic mass is 79.9. The molecule has 4 heterocycles. The summed E-state index contributed by atoms with van der Waals surface area (Å²) in [5.74, 6) is 0.695. The van der Waals surface area contributed by atoms with E-state index in [0.717, 1.165) is 36.6 Å². The number of fused-ring (bicyclic) bond motifs is 1. The zero-order valence-electron chi connectivity index (χ0n) is 18.7. The number of hydrogen-bond donors (Lipinski definition) is 1. The van der Waals surface area contributed by atoms with E-state index in [1.807, 2.05) is 6.92 Å². The predicted octanol–water partition coefficient (Wildman–Crippen LogP) is 3.14. The van der Waals surface area contributed by atoms with Gasteiger partial charge in [0, 0.05) is 36.9 Å². The number of aryl methyl sites for hydroxylation is 1. The minimum Gasteiger partial charge on any atom is -0.379 e. The monoisotopic (exact) mass is 548 g/mol. The summed E-state index contributed by atoms with van der Waals surface area (Å²) >= 11 is 3.45. The molecular formula is C22H25BrN6O4S. The molecule has 10 nitrogen and oxygen atoms in total. The first-order chi connectivity index (χ1) is 16.4. The van der Waals surface area contributed by atoms with Gasteiger partial charge >= 0.3 is 0 Å². The number of rotatable bonds is 5. The summed E-state index contributed by atoms with van der Waals surface area (Å²) in [6.45, 7) is 3.29. The molecule has 12 heteroatoms. The number of anilines is 2. The fourth-order valence-corrected chi connectivity index (χ4v) is 6.28. The standard InChI is InChI=1S/C22H25BrN6O4S/c1-14-17-13-25-22(27-20(17)29(21(30)19(14)23)15-4-2-3-5-15)26-18-7-6-16(12-24-18)34(31,32)28-8-10-33-11-9-28/h6-7,12-13,15H,2-5,8-11H2,1H3,(H,24,25,26,27). The molecule has 180 valence electrons. The van der Waals surface area contributed by atoms with Gasteiger partial charge in [-0.3, -0.25) is 9.36 Å². The van der Waals surface area contributed by atoms with Crippen LogP contribution in [0.15, 0.2) is 38.7 Å². The third-order valence-corrected chi connectivity index (χ3v) is 9.23. The van der Waals surface area contributed by atoms with Crippen molar-refractivity contribution in [2.75, 3.05) is 31.6 Å². The van der Waals surface area contributed by atoms with Crippen molar-refractivity contribution in [3.8, 4) is 0 Å². The summed E-state index contributed by atoms with van der Waals surface area (Å²) in [7, 11) is -3.62. The highest BCUT2D eigenvalue weighted by Gasteiger charge is 2.27. The highest BCUT2D eigenvalue weighted by molar-refractivity contribution is 9.10. The summed E-state index contributed by atoms with van der Waals surface area (Å²) in [6.07, 6.45) is 7.08. The summed E-state index contributed by atoms with van der Waals surface area (Å²) in [5.41, 5.74) is 1.30. The van der Waals surface area contributed by atoms with Gasteiger partial charge in [0.1, 0.15) is 16.4 Å². The molecule has 0 bridgehead atoms. The molecule has 1 aliphatic carbocycles. The van der Waals surface area contributed by atoms with Crippen LogP contribution >= 0.6 is 15.9 Å². The van der Waals surface area contributed by atoms with Crippen LogP contribution in [0.1, 0.15) is 37.3 Å². The molecule has 2 fully saturated rings. The number of hydrogen-bond acceptors (Lipinski definition) is 8. The Hall–Kier alpha value is -2.41. The van der Waals surface area contributed by atoms with Crippen molar-refractivity contribution in [1.82, 2.24) is 23.8 Å². The van der Waals surface area contributed by atoms with Crippen LogP contribution in [-0.2, 0) is 14.8 Å². The minimum absolute atomic E-state index is 0.0858. The molecular weight excluding hydrogens is 524 g/mol. The lowest BCUT2D eigenvalue weighted by molar-refractivity contribution is 0.0730. The minimum atomic E-state index is -3.62. The Morgan fingerprint density at radius 2 is 1.85 bits per heavy atom. The third kappa shape index (κ3) is 4.23. The van der Waals surface area contributed by atoms with Crippen LogP contribution in [0.4, 0.5) is 11.8 Å². The summed E-state index contributed by atoms with van der Waals surface area (Å²) in [6, 6.07) is 3.20. The zero-order valence-corrected chi connectivity index (χ0v) is 21.1. The number of sulfonamides is 1. The van der Waals surface area contributed by atoms with Crippen molar-refractivity contribution in [2.45, 2.75) is 43.5 Å². The molecule has 3 aromatic heterocycles. The topological polar surface area (TPSA) is 119 Å². The molecule has 1 saturated carbocycles. The smallest absolute Gasteiger partial charge is 0.267 e. The summed E-state index contributed by atoms with van der Waals surface area (Å²) in [5, 5.41) is 3.85. The lowest BCUT2D eigenvalue weighted by atomic mass is 10.1. The maximum absolute atomic E-state index is 13.1. The molecule has 2 aliphatic rings. The lowest BCUT2D eigenvalue weighted by Gasteiger charge is -2.25. The average Bonchev–Trinajstić information content (AvgIpc) is 3.38. The van der Waals surface area contributed by atoms with E-state index in [-0.39, 0.29) is 22.4 Å². The van der Waals surface area contributed by atoms with Gasteiger partial charge in [0.25, 0.3) is 5.56 Å². The summed E-state index contributed by atoms with van der Waals surface area (Å²) < 4.78 is 34.6. The van der Waals surface area contributed by atoms with E-state index in [2.05, 4.69) is 36.2 Å². The molecule has 34 heavy (non-hydrogen) atoms. The Morgan fingerprint density at radius 3 is 2.53 bits per heavy atom. The maximum Gasteiger partial charge on any atom is 0.267 e. The third-order valence-electron chi connectivity index (χ3n) is 6.41. The van der Waals surface area contributed by atoms with Gasteiger partial charge in [0.2, 0.25) is 16.0 Å². The van der Waals surface area contributed by atoms with Crippen molar-refractivity contribution in [3.63, 3.8) is 0 Å². The number of ether oxygens (including phenoxy) is 1. The quantitative estimate of drug-likeness (QED) is 0.516. The van der Waals surface area contributed by atoms with Crippen LogP contribution in [0.3, 0.4) is 0 Å². The van der Waals surface area contributed by atoms with Gasteiger partial charge in [0.15, 0.2) is 0 Å². The van der Waals surface area contributed by atoms with Crippen LogP contribution in [-0.4, -0.2) is 58.5 Å². The van der Waals surface area contributed by atoms with Gasteiger partial charge < -0.3 is 10.1 Å². The number of halogens is 1. The van der Waals surface area contributed by atoms with Crippen molar-refractivity contribution < 1.29 is 13.2 Å². The molecule has 0 radical (unpaired) electrons. The van der Waals surface area contributed by atoms with Crippen molar-refractivity contribution in [3.05, 3.63) is 44.9 Å². The van der Waals surface area contributed by atoms with Crippen LogP contribution in [0.2, 0.25) is 0 Å². The molecule has 1 N–H and O–H groups in total. The maximum atomic E-state index is 13.1. The van der Waals surface area contributed by atoms with Crippen LogP contribution in [0, 0.1) is 6.92 Å². The SMILES string of the molecule is Cc1c(Br)c(=O)n(C2CCCC2)c2nc(Nc3ccc(S(=O)(=O)N4CCOCC4)cn3)ncc12. The van der Waals surface area contributed by atoms with E-state index >= 15 is 0 Å². The fourth-order valence-electron chi connectivity index (χ4n) is 4.52. The molecule has 0 atom stereocenters. The summed E-state index contributed by atoms with van der Waals surface area (Å²) in [4.78, 5) is 26.5. The fraction of sp³-hybridized carbons (Fsp3) is 0.455. The highest BCUT2D eigenvalue weighted by Crippen LogP contribution is 2.32. The van der Waals surface area contributed by atoms with Gasteiger partial charge in [-0.25, -0.2) is 18.4 Å². The van der Waals surface area contributed by atoms with E-state index in [0.29, 0.717) is 42.2 Å². The zero-order chi connectivity index (χ0) is 23.9. The normalized spacial score (nSPS) is 17.9. The Balaban J connectivity index is 1.46. The second-order valence-corrected chi connectivity index (χ2v) is 11.2. The van der Waals surface area contributed by atoms with E-state index in [4.69, 9.17) is 4.74 Å². The van der Waals surface area contributed by atoms with Crippen molar-refractivity contribution >= 4 is 48.8 Å². The Bertz CT molecular complexity index is 1380. The van der Waals surface area contributed by atoms with Crippen molar-refractivity contribution in [1.29, 1.82) is 0 Å². The first-order valence-corrected chi connectivity index (χ1v) is 13.5. The first-order valence-electron chi connectivity index (χ1n) is 11.2. The molecule has 0 aromatic carbocycles. The van der Waals surface area contributed by atoms with Gasteiger partial charge in [-0.1, -0.05) is 12.8 Å². The van der Waals surface area contributed by atoms with Gasteiger partial charge in [-0.15, -0.1) is 0 Å². The Morgan fingerprint density at radius 1 is 1.12 bits per heavy atom.